The molecule has 5 nitrogen and oxygen atoms in total. The maximum absolute atomic E-state index is 11.0. The monoisotopic (exact) mass is 168 g/mol. The van der Waals surface area contributed by atoms with Crippen molar-refractivity contribution < 1.29 is 23.5 Å². The van der Waals surface area contributed by atoms with Gasteiger partial charge in [-0.1, -0.05) is 0 Å². The Labute approximate surface area is 66.9 Å². The molecule has 12 heavy (non-hydrogen) atoms. The molecule has 0 saturated heterocycles. The molecule has 1 aliphatic heterocycles. The number of fused-ring (bicyclic) bond motifs is 1. The minimum atomic E-state index is -0.680. The molecule has 1 aliphatic rings. The second-order valence-electron chi connectivity index (χ2n) is 2.14. The molecule has 0 saturated carbocycles. The third-order valence-electron chi connectivity index (χ3n) is 1.45. The van der Waals surface area contributed by atoms with E-state index in [9.17, 15) is 9.59 Å². The van der Waals surface area contributed by atoms with E-state index in [1.807, 2.05) is 0 Å². The van der Waals surface area contributed by atoms with Gasteiger partial charge in [0.2, 0.25) is 12.6 Å². The zero-order valence-corrected chi connectivity index (χ0v) is 5.90. The lowest BCUT2D eigenvalue weighted by Crippen LogP contribution is -2.04. The van der Waals surface area contributed by atoms with Gasteiger partial charge in [-0.05, 0) is 6.07 Å². The van der Waals surface area contributed by atoms with Crippen LogP contribution in [-0.2, 0) is 9.47 Å². The minimum Gasteiger partial charge on any atom is -0.456 e. The molecule has 0 spiro atoms. The smallest absolute Gasteiger partial charge is 0.378 e. The van der Waals surface area contributed by atoms with E-state index in [0.29, 0.717) is 0 Å². The van der Waals surface area contributed by atoms with Crippen molar-refractivity contribution in [3.8, 4) is 0 Å². The molecule has 0 amide bonds. The molecule has 0 atom stereocenters. The van der Waals surface area contributed by atoms with Gasteiger partial charge in [0.05, 0.1) is 6.26 Å². The first-order valence-electron chi connectivity index (χ1n) is 3.21. The molecular formula is C7H4O5. The van der Waals surface area contributed by atoms with E-state index < -0.39 is 11.9 Å². The van der Waals surface area contributed by atoms with Gasteiger partial charge in [0.25, 0.3) is 0 Å². The van der Waals surface area contributed by atoms with Crippen LogP contribution in [0.5, 0.6) is 0 Å². The summed E-state index contributed by atoms with van der Waals surface area (Å²) < 4.78 is 13.7. The largest absolute Gasteiger partial charge is 0.456 e. The lowest BCUT2D eigenvalue weighted by Gasteiger charge is -1.96. The van der Waals surface area contributed by atoms with Crippen LogP contribution < -0.4 is 0 Å². The summed E-state index contributed by atoms with van der Waals surface area (Å²) in [6.07, 6.45) is 1.23. The fourth-order valence-electron chi connectivity index (χ4n) is 0.908. The van der Waals surface area contributed by atoms with E-state index >= 15 is 0 Å². The van der Waals surface area contributed by atoms with Gasteiger partial charge >= 0.3 is 11.9 Å². The Kier molecular flexibility index (Phi) is 1.36. The normalized spacial score (nSPS) is 16.0. The lowest BCUT2D eigenvalue weighted by molar-refractivity contribution is -0.0137. The number of carbonyl (C=O) groups excluding carboxylic acids is 2. The first kappa shape index (κ1) is 6.90. The van der Waals surface area contributed by atoms with E-state index in [1.165, 1.54) is 12.3 Å². The zero-order chi connectivity index (χ0) is 8.55. The third kappa shape index (κ3) is 0.868. The number of esters is 2. The van der Waals surface area contributed by atoms with Crippen molar-refractivity contribution in [1.82, 2.24) is 0 Å². The number of rotatable bonds is 0. The Hall–Kier alpha value is -1.78. The summed E-state index contributed by atoms with van der Waals surface area (Å²) in [6, 6.07) is 1.37. The van der Waals surface area contributed by atoms with E-state index in [-0.39, 0.29) is 18.1 Å². The summed E-state index contributed by atoms with van der Waals surface area (Å²) in [5, 5.41) is 0. The number of carbonyl (C=O) groups is 2. The average molecular weight is 168 g/mol. The summed E-state index contributed by atoms with van der Waals surface area (Å²) in [7, 11) is 0. The van der Waals surface area contributed by atoms with Gasteiger partial charge in [0.1, 0.15) is 5.56 Å². The molecule has 0 fully saturated rings. The number of cyclic esters (lactones) is 2. The van der Waals surface area contributed by atoms with E-state index in [2.05, 4.69) is 9.47 Å². The summed E-state index contributed by atoms with van der Waals surface area (Å²) in [4.78, 5) is 22.0. The molecule has 1 aromatic heterocycles. The predicted molar refractivity (Wildman–Crippen MR) is 34.4 cm³/mol. The maximum atomic E-state index is 11.0. The molecule has 0 N–H and O–H groups in total. The Bertz CT molecular complexity index is 307. The van der Waals surface area contributed by atoms with Gasteiger partial charge in [-0.2, -0.15) is 0 Å². The van der Waals surface area contributed by atoms with E-state index in [4.69, 9.17) is 4.42 Å². The van der Waals surface area contributed by atoms with Crippen LogP contribution in [-0.4, -0.2) is 18.7 Å². The van der Waals surface area contributed by atoms with Gasteiger partial charge in [0, 0.05) is 0 Å². The highest BCUT2D eigenvalue weighted by atomic mass is 16.7. The van der Waals surface area contributed by atoms with Crippen molar-refractivity contribution in [1.29, 1.82) is 0 Å². The van der Waals surface area contributed by atoms with Gasteiger partial charge in [-0.3, -0.25) is 0 Å². The van der Waals surface area contributed by atoms with Gasteiger partial charge < -0.3 is 13.9 Å². The number of furan rings is 1. The zero-order valence-electron chi connectivity index (χ0n) is 5.90. The first-order chi connectivity index (χ1) is 5.79. The van der Waals surface area contributed by atoms with E-state index in [1.54, 1.807) is 0 Å². The Morgan fingerprint density at radius 1 is 1.17 bits per heavy atom. The molecule has 2 rings (SSSR count). The molecule has 0 bridgehead atoms. The highest BCUT2D eigenvalue weighted by molar-refractivity contribution is 6.02. The lowest BCUT2D eigenvalue weighted by atomic mass is 10.2. The van der Waals surface area contributed by atoms with Crippen molar-refractivity contribution in [3.63, 3.8) is 0 Å². The summed E-state index contributed by atoms with van der Waals surface area (Å²) in [5.74, 6) is -1.39. The summed E-state index contributed by atoms with van der Waals surface area (Å²) in [6.45, 7) is -0.359. The van der Waals surface area contributed by atoms with Crippen LogP contribution in [0, 0.1) is 0 Å². The topological polar surface area (TPSA) is 65.7 Å². The van der Waals surface area contributed by atoms with Crippen LogP contribution in [0.2, 0.25) is 0 Å². The van der Waals surface area contributed by atoms with Crippen LogP contribution in [0.1, 0.15) is 20.9 Å². The number of ether oxygens (including phenoxy) is 2. The fourth-order valence-corrected chi connectivity index (χ4v) is 0.908. The molecule has 2 heterocycles. The van der Waals surface area contributed by atoms with Crippen LogP contribution in [0.25, 0.3) is 0 Å². The van der Waals surface area contributed by atoms with Crippen LogP contribution in [0.4, 0.5) is 0 Å². The van der Waals surface area contributed by atoms with E-state index in [0.717, 1.165) is 0 Å². The SMILES string of the molecule is O=C1OCOC(=O)c2occc21. The molecule has 5 heteroatoms. The van der Waals surface area contributed by atoms with Crippen molar-refractivity contribution in [2.45, 2.75) is 0 Å². The van der Waals surface area contributed by atoms with Crippen LogP contribution in [0.15, 0.2) is 16.7 Å². The first-order valence-corrected chi connectivity index (χ1v) is 3.21. The average Bonchev–Trinajstić information content (AvgIpc) is 2.47. The Morgan fingerprint density at radius 2 is 1.92 bits per heavy atom. The predicted octanol–water partition coefficient (Wildman–Crippen LogP) is 0.564. The third-order valence-corrected chi connectivity index (χ3v) is 1.45. The highest BCUT2D eigenvalue weighted by Crippen LogP contribution is 2.15. The number of hydrogen-bond acceptors (Lipinski definition) is 5. The second kappa shape index (κ2) is 2.37. The molecule has 0 aromatic carbocycles. The van der Waals surface area contributed by atoms with Gasteiger partial charge in [0.15, 0.2) is 0 Å². The minimum absolute atomic E-state index is 0.0995. The molecule has 0 aliphatic carbocycles. The standard InChI is InChI=1S/C7H4O5/c8-6-4-1-2-10-5(4)7(9)12-3-11-6/h1-2H,3H2. The van der Waals surface area contributed by atoms with Crippen LogP contribution in [0.3, 0.4) is 0 Å². The molecule has 1 aromatic rings. The van der Waals surface area contributed by atoms with Crippen molar-refractivity contribution >= 4 is 11.9 Å². The van der Waals surface area contributed by atoms with Crippen molar-refractivity contribution in [2.24, 2.45) is 0 Å². The molecular weight excluding hydrogens is 164 g/mol. The molecule has 62 valence electrons. The Balaban J connectivity index is 2.52. The van der Waals surface area contributed by atoms with Crippen molar-refractivity contribution in [3.05, 3.63) is 23.7 Å². The Morgan fingerprint density at radius 3 is 2.75 bits per heavy atom. The quantitative estimate of drug-likeness (QED) is 0.529. The molecule has 0 unspecified atom stereocenters. The summed E-state index contributed by atoms with van der Waals surface area (Å²) in [5.41, 5.74) is 0.109. The maximum Gasteiger partial charge on any atom is 0.378 e. The van der Waals surface area contributed by atoms with Crippen molar-refractivity contribution in [2.75, 3.05) is 6.79 Å². The summed E-state index contributed by atoms with van der Waals surface area (Å²) >= 11 is 0. The van der Waals surface area contributed by atoms with Gasteiger partial charge in [-0.15, -0.1) is 0 Å². The second-order valence-corrected chi connectivity index (χ2v) is 2.14. The van der Waals surface area contributed by atoms with Crippen LogP contribution >= 0.6 is 0 Å². The fraction of sp³-hybridized carbons (Fsp3) is 0.143. The highest BCUT2D eigenvalue weighted by Gasteiger charge is 2.26. The van der Waals surface area contributed by atoms with Gasteiger partial charge in [-0.25, -0.2) is 9.59 Å². The number of hydrogen-bond donors (Lipinski definition) is 0. The molecule has 0 radical (unpaired) electrons.